The molecule has 0 aromatic carbocycles. The van der Waals surface area contributed by atoms with Gasteiger partial charge in [0.1, 0.15) is 0 Å². The molecular weight excluding hydrogens is 200 g/mol. The summed E-state index contributed by atoms with van der Waals surface area (Å²) < 4.78 is 4.94. The van der Waals surface area contributed by atoms with Gasteiger partial charge in [-0.15, -0.1) is 0 Å². The first-order valence-electron chi connectivity index (χ1n) is 5.71. The van der Waals surface area contributed by atoms with Crippen molar-refractivity contribution in [2.24, 2.45) is 5.92 Å². The van der Waals surface area contributed by atoms with Crippen LogP contribution in [0.2, 0.25) is 0 Å². The van der Waals surface area contributed by atoms with Gasteiger partial charge in [0.05, 0.1) is 12.2 Å². The Bertz CT molecular complexity index is 296. The standard InChI is InChI=1S/C14H22O2/c1-6-12(9-11(4)5)10-13(7-2)14(15)16-8-3/h6-7,10-11H,2,8-9H2,1,3-5H3/b12-6-,13-10+. The summed E-state index contributed by atoms with van der Waals surface area (Å²) in [5.41, 5.74) is 1.66. The molecule has 2 heteroatoms. The van der Waals surface area contributed by atoms with Gasteiger partial charge >= 0.3 is 5.97 Å². The third kappa shape index (κ3) is 5.54. The average Bonchev–Trinajstić information content (AvgIpc) is 2.23. The molecule has 0 radical (unpaired) electrons. The number of hydrogen-bond donors (Lipinski definition) is 0. The molecule has 0 bridgehead atoms. The third-order valence-electron chi connectivity index (χ3n) is 2.09. The van der Waals surface area contributed by atoms with Gasteiger partial charge < -0.3 is 4.74 Å². The fourth-order valence-corrected chi connectivity index (χ4v) is 1.35. The molecule has 16 heavy (non-hydrogen) atoms. The van der Waals surface area contributed by atoms with E-state index in [1.807, 2.05) is 19.1 Å². The van der Waals surface area contributed by atoms with E-state index in [1.54, 1.807) is 13.0 Å². The molecule has 0 spiro atoms. The molecule has 0 saturated heterocycles. The SMILES string of the molecule is C=C/C(=C\C(=C/C)CC(C)C)C(=O)OCC. The first-order chi connectivity index (χ1) is 7.54. The number of allylic oxidation sites excluding steroid dienone is 3. The monoisotopic (exact) mass is 222 g/mol. The topological polar surface area (TPSA) is 26.3 Å². The first-order valence-corrected chi connectivity index (χ1v) is 5.71. The number of ether oxygens (including phenoxy) is 1. The molecule has 0 heterocycles. The summed E-state index contributed by atoms with van der Waals surface area (Å²) in [6.45, 7) is 12.1. The molecule has 0 aromatic rings. The van der Waals surface area contributed by atoms with Gasteiger partial charge in [0, 0.05) is 0 Å². The van der Waals surface area contributed by atoms with Crippen LogP contribution in [0.5, 0.6) is 0 Å². The summed E-state index contributed by atoms with van der Waals surface area (Å²) in [6.07, 6.45) is 6.36. The Balaban J connectivity index is 4.78. The Morgan fingerprint density at radius 2 is 2.06 bits per heavy atom. The van der Waals surface area contributed by atoms with Gasteiger partial charge in [0.2, 0.25) is 0 Å². The minimum absolute atomic E-state index is 0.305. The molecule has 0 aliphatic heterocycles. The summed E-state index contributed by atoms with van der Waals surface area (Å²) in [7, 11) is 0. The molecule has 0 saturated carbocycles. The van der Waals surface area contributed by atoms with Crippen LogP contribution in [-0.2, 0) is 9.53 Å². The number of carbonyl (C=O) groups is 1. The lowest BCUT2D eigenvalue weighted by Gasteiger charge is -2.07. The normalized spacial score (nSPS) is 12.8. The molecular formula is C14H22O2. The molecule has 0 fully saturated rings. The zero-order valence-corrected chi connectivity index (χ0v) is 10.7. The molecule has 0 amide bonds. The van der Waals surface area contributed by atoms with Gasteiger partial charge in [-0.25, -0.2) is 4.79 Å². The van der Waals surface area contributed by atoms with Crippen molar-refractivity contribution in [2.45, 2.75) is 34.1 Å². The molecule has 90 valence electrons. The Kier molecular flexibility index (Phi) is 7.27. The Hall–Kier alpha value is -1.31. The highest BCUT2D eigenvalue weighted by atomic mass is 16.5. The van der Waals surface area contributed by atoms with Crippen LogP contribution >= 0.6 is 0 Å². The first kappa shape index (κ1) is 14.7. The molecule has 0 N–H and O–H groups in total. The number of esters is 1. The minimum atomic E-state index is -0.305. The van der Waals surface area contributed by atoms with Crippen LogP contribution in [0.15, 0.2) is 36.0 Å². The highest BCUT2D eigenvalue weighted by molar-refractivity contribution is 5.91. The second-order valence-electron chi connectivity index (χ2n) is 3.99. The minimum Gasteiger partial charge on any atom is -0.462 e. The predicted octanol–water partition coefficient (Wildman–Crippen LogP) is 3.65. The lowest BCUT2D eigenvalue weighted by Crippen LogP contribution is -2.06. The van der Waals surface area contributed by atoms with Crippen molar-refractivity contribution in [3.63, 3.8) is 0 Å². The zero-order valence-electron chi connectivity index (χ0n) is 10.7. The van der Waals surface area contributed by atoms with E-state index in [-0.39, 0.29) is 5.97 Å². The van der Waals surface area contributed by atoms with Crippen molar-refractivity contribution in [1.82, 2.24) is 0 Å². The average molecular weight is 222 g/mol. The fraction of sp³-hybridized carbons (Fsp3) is 0.500. The van der Waals surface area contributed by atoms with Crippen molar-refractivity contribution in [2.75, 3.05) is 6.61 Å². The zero-order chi connectivity index (χ0) is 12.6. The van der Waals surface area contributed by atoms with E-state index in [0.717, 1.165) is 12.0 Å². The van der Waals surface area contributed by atoms with Gasteiger partial charge in [-0.2, -0.15) is 0 Å². The van der Waals surface area contributed by atoms with E-state index in [9.17, 15) is 4.79 Å². The molecule has 0 aliphatic carbocycles. The lowest BCUT2D eigenvalue weighted by molar-refractivity contribution is -0.138. The summed E-state index contributed by atoms with van der Waals surface area (Å²) in [5.74, 6) is 0.260. The highest BCUT2D eigenvalue weighted by Crippen LogP contribution is 2.15. The molecule has 0 aromatic heterocycles. The van der Waals surface area contributed by atoms with E-state index in [0.29, 0.717) is 18.1 Å². The van der Waals surface area contributed by atoms with Crippen LogP contribution in [-0.4, -0.2) is 12.6 Å². The van der Waals surface area contributed by atoms with Crippen molar-refractivity contribution in [1.29, 1.82) is 0 Å². The maximum Gasteiger partial charge on any atom is 0.338 e. The van der Waals surface area contributed by atoms with Crippen molar-refractivity contribution < 1.29 is 9.53 Å². The van der Waals surface area contributed by atoms with Crippen molar-refractivity contribution >= 4 is 5.97 Å². The van der Waals surface area contributed by atoms with Crippen LogP contribution in [0.3, 0.4) is 0 Å². The Morgan fingerprint density at radius 1 is 1.44 bits per heavy atom. The van der Waals surface area contributed by atoms with Gasteiger partial charge in [-0.05, 0) is 32.3 Å². The summed E-state index contributed by atoms with van der Waals surface area (Å²) in [4.78, 5) is 11.5. The van der Waals surface area contributed by atoms with Crippen LogP contribution in [0.1, 0.15) is 34.1 Å². The van der Waals surface area contributed by atoms with Crippen molar-refractivity contribution in [3.8, 4) is 0 Å². The quantitative estimate of drug-likeness (QED) is 0.389. The summed E-state index contributed by atoms with van der Waals surface area (Å²) in [6, 6.07) is 0. The third-order valence-corrected chi connectivity index (χ3v) is 2.09. The molecule has 2 nitrogen and oxygen atoms in total. The Labute approximate surface area is 98.7 Å². The largest absolute Gasteiger partial charge is 0.462 e. The molecule has 0 unspecified atom stereocenters. The van der Waals surface area contributed by atoms with Crippen molar-refractivity contribution in [3.05, 3.63) is 36.0 Å². The lowest BCUT2D eigenvalue weighted by atomic mass is 10.0. The van der Waals surface area contributed by atoms with Gasteiger partial charge in [-0.1, -0.05) is 38.2 Å². The maximum atomic E-state index is 11.5. The van der Waals surface area contributed by atoms with Gasteiger partial charge in [0.25, 0.3) is 0 Å². The van der Waals surface area contributed by atoms with E-state index in [4.69, 9.17) is 4.74 Å². The van der Waals surface area contributed by atoms with Crippen LogP contribution in [0, 0.1) is 5.92 Å². The second-order valence-corrected chi connectivity index (χ2v) is 3.99. The van der Waals surface area contributed by atoms with E-state index < -0.39 is 0 Å². The van der Waals surface area contributed by atoms with Crippen LogP contribution in [0.25, 0.3) is 0 Å². The Morgan fingerprint density at radius 3 is 2.44 bits per heavy atom. The van der Waals surface area contributed by atoms with E-state index >= 15 is 0 Å². The maximum absolute atomic E-state index is 11.5. The van der Waals surface area contributed by atoms with Crippen LogP contribution in [0.4, 0.5) is 0 Å². The number of rotatable bonds is 6. The van der Waals surface area contributed by atoms with Gasteiger partial charge in [-0.3, -0.25) is 0 Å². The number of hydrogen-bond acceptors (Lipinski definition) is 2. The van der Waals surface area contributed by atoms with Crippen LogP contribution < -0.4 is 0 Å². The van der Waals surface area contributed by atoms with E-state index in [1.165, 1.54) is 0 Å². The predicted molar refractivity (Wildman–Crippen MR) is 68.1 cm³/mol. The fourth-order valence-electron chi connectivity index (χ4n) is 1.35. The summed E-state index contributed by atoms with van der Waals surface area (Å²) >= 11 is 0. The highest BCUT2D eigenvalue weighted by Gasteiger charge is 2.07. The van der Waals surface area contributed by atoms with Gasteiger partial charge in [0.15, 0.2) is 0 Å². The molecule has 0 aliphatic rings. The molecule has 0 rings (SSSR count). The molecule has 0 atom stereocenters. The second kappa shape index (κ2) is 7.91. The smallest absolute Gasteiger partial charge is 0.338 e. The number of carbonyl (C=O) groups excluding carboxylic acids is 1. The van der Waals surface area contributed by atoms with E-state index in [2.05, 4.69) is 20.4 Å². The summed E-state index contributed by atoms with van der Waals surface area (Å²) in [5, 5.41) is 0.